The molecule has 0 radical (unpaired) electrons. The number of carbonyl (C=O) groups is 2. The zero-order valence-electron chi connectivity index (χ0n) is 14.2. The van der Waals surface area contributed by atoms with E-state index in [2.05, 4.69) is 5.32 Å². The van der Waals surface area contributed by atoms with Gasteiger partial charge in [0.05, 0.1) is 0 Å². The lowest BCUT2D eigenvalue weighted by Gasteiger charge is -2.14. The van der Waals surface area contributed by atoms with Gasteiger partial charge in [-0.15, -0.1) is 0 Å². The molecule has 0 aliphatic heterocycles. The van der Waals surface area contributed by atoms with Gasteiger partial charge in [0.1, 0.15) is 11.6 Å². The van der Waals surface area contributed by atoms with Crippen LogP contribution in [-0.2, 0) is 14.3 Å². The first kappa shape index (κ1) is 20.6. The Balaban J connectivity index is 1.76. The molecule has 0 fully saturated rings. The summed E-state index contributed by atoms with van der Waals surface area (Å²) in [5.41, 5.74) is 0.380. The molecule has 27 heavy (non-hydrogen) atoms. The zero-order chi connectivity index (χ0) is 19.8. The maximum Gasteiger partial charge on any atom is 0.347 e. The summed E-state index contributed by atoms with van der Waals surface area (Å²) in [6.07, 6.45) is -0.992. The Morgan fingerprint density at radius 3 is 2.30 bits per heavy atom. The van der Waals surface area contributed by atoms with Gasteiger partial charge in [0.15, 0.2) is 12.7 Å². The average Bonchev–Trinajstić information content (AvgIpc) is 2.62. The highest BCUT2D eigenvalue weighted by Crippen LogP contribution is 2.26. The van der Waals surface area contributed by atoms with Gasteiger partial charge in [-0.25, -0.2) is 9.18 Å². The topological polar surface area (TPSA) is 64.6 Å². The maximum atomic E-state index is 12.8. The van der Waals surface area contributed by atoms with Gasteiger partial charge >= 0.3 is 5.97 Å². The molecule has 1 N–H and O–H groups in total. The molecule has 1 atom stereocenters. The van der Waals surface area contributed by atoms with Gasteiger partial charge in [-0.05, 0) is 55.5 Å². The third kappa shape index (κ3) is 7.22. The van der Waals surface area contributed by atoms with Crippen molar-refractivity contribution in [2.45, 2.75) is 23.7 Å². The molecule has 2 aromatic carbocycles. The maximum absolute atomic E-state index is 12.8. The largest absolute Gasteiger partial charge is 0.479 e. The summed E-state index contributed by atoms with van der Waals surface area (Å²) in [7, 11) is 0. The fourth-order valence-corrected chi connectivity index (χ4v) is 2.44. The van der Waals surface area contributed by atoms with Crippen molar-refractivity contribution in [2.24, 2.45) is 0 Å². The number of nitrogens with one attached hydrogen (secondary N) is 1. The number of halogens is 3. The Hall–Kier alpha value is -2.68. The summed E-state index contributed by atoms with van der Waals surface area (Å²) in [5.74, 6) is -4.03. The monoisotopic (exact) mass is 399 g/mol. The fourth-order valence-electron chi connectivity index (χ4n) is 1.94. The van der Waals surface area contributed by atoms with Gasteiger partial charge in [-0.3, -0.25) is 4.79 Å². The van der Waals surface area contributed by atoms with Gasteiger partial charge < -0.3 is 14.8 Å². The fraction of sp³-hybridized carbons (Fsp3) is 0.222. The number of esters is 1. The Morgan fingerprint density at radius 1 is 1.07 bits per heavy atom. The van der Waals surface area contributed by atoms with Crippen LogP contribution >= 0.6 is 11.8 Å². The number of alkyl halides is 2. The van der Waals surface area contributed by atoms with Crippen LogP contribution in [0.25, 0.3) is 0 Å². The van der Waals surface area contributed by atoms with Crippen LogP contribution in [0.4, 0.5) is 18.9 Å². The molecule has 0 aliphatic carbocycles. The number of hydrogen-bond donors (Lipinski definition) is 1. The van der Waals surface area contributed by atoms with Crippen LogP contribution in [0.1, 0.15) is 6.92 Å². The Bertz CT molecular complexity index is 769. The second kappa shape index (κ2) is 9.86. The average molecular weight is 399 g/mol. The van der Waals surface area contributed by atoms with Crippen molar-refractivity contribution in [3.05, 3.63) is 54.3 Å². The highest BCUT2D eigenvalue weighted by Gasteiger charge is 2.18. The minimum absolute atomic E-state index is 0.284. The van der Waals surface area contributed by atoms with Crippen LogP contribution < -0.4 is 10.1 Å². The van der Waals surface area contributed by atoms with Gasteiger partial charge in [-0.1, -0.05) is 11.8 Å². The Morgan fingerprint density at radius 2 is 1.70 bits per heavy atom. The smallest absolute Gasteiger partial charge is 0.347 e. The van der Waals surface area contributed by atoms with E-state index in [1.54, 1.807) is 0 Å². The second-order valence-electron chi connectivity index (χ2n) is 5.27. The van der Waals surface area contributed by atoms with E-state index in [9.17, 15) is 22.8 Å². The van der Waals surface area contributed by atoms with E-state index >= 15 is 0 Å². The molecular formula is C18H16F3NO4S. The molecule has 144 valence electrons. The third-order valence-corrected chi connectivity index (χ3v) is 3.89. The molecule has 2 rings (SSSR count). The summed E-state index contributed by atoms with van der Waals surface area (Å²) in [6, 6.07) is 10.9. The van der Waals surface area contributed by atoms with Crippen molar-refractivity contribution in [1.82, 2.24) is 0 Å². The lowest BCUT2D eigenvalue weighted by molar-refractivity contribution is -0.153. The minimum Gasteiger partial charge on any atom is -0.479 e. The lowest BCUT2D eigenvalue weighted by Crippen LogP contribution is -2.29. The van der Waals surface area contributed by atoms with Crippen molar-refractivity contribution in [1.29, 1.82) is 0 Å². The quantitative estimate of drug-likeness (QED) is 0.535. The Labute approximate surface area is 157 Å². The first-order valence-corrected chi connectivity index (χ1v) is 8.65. The number of anilines is 1. The van der Waals surface area contributed by atoms with Gasteiger partial charge in [-0.2, -0.15) is 8.78 Å². The normalized spacial score (nSPS) is 11.7. The van der Waals surface area contributed by atoms with Crippen LogP contribution in [0.2, 0.25) is 0 Å². The molecular weight excluding hydrogens is 383 g/mol. The van der Waals surface area contributed by atoms with Crippen LogP contribution in [0.15, 0.2) is 53.4 Å². The summed E-state index contributed by atoms with van der Waals surface area (Å²) in [6.45, 7) is 0.895. The first-order valence-electron chi connectivity index (χ1n) is 7.77. The highest BCUT2D eigenvalue weighted by molar-refractivity contribution is 7.99. The number of carbonyl (C=O) groups excluding carboxylic acids is 2. The molecule has 9 heteroatoms. The van der Waals surface area contributed by atoms with Gasteiger partial charge in [0.2, 0.25) is 0 Å². The predicted molar refractivity (Wildman–Crippen MR) is 94.4 cm³/mol. The molecule has 2 aromatic rings. The zero-order valence-corrected chi connectivity index (χ0v) is 15.0. The molecule has 5 nitrogen and oxygen atoms in total. The minimum atomic E-state index is -2.52. The summed E-state index contributed by atoms with van der Waals surface area (Å²) < 4.78 is 47.5. The molecule has 0 unspecified atom stereocenters. The number of hydrogen-bond acceptors (Lipinski definition) is 5. The van der Waals surface area contributed by atoms with E-state index < -0.39 is 36.2 Å². The van der Waals surface area contributed by atoms with Crippen molar-refractivity contribution in [2.75, 3.05) is 11.9 Å². The number of benzene rings is 2. The van der Waals surface area contributed by atoms with Gasteiger partial charge in [0, 0.05) is 10.6 Å². The number of ether oxygens (including phenoxy) is 2. The SMILES string of the molecule is C[C@H](Oc1ccc(F)cc1)C(=O)OCC(=O)Nc1ccc(SC(F)F)cc1. The van der Waals surface area contributed by atoms with Gasteiger partial charge in [0.25, 0.3) is 11.7 Å². The van der Waals surface area contributed by atoms with Crippen molar-refractivity contribution in [3.63, 3.8) is 0 Å². The lowest BCUT2D eigenvalue weighted by atomic mass is 10.3. The first-order chi connectivity index (χ1) is 12.8. The summed E-state index contributed by atoms with van der Waals surface area (Å²) >= 11 is 0.395. The van der Waals surface area contributed by atoms with E-state index in [-0.39, 0.29) is 5.75 Å². The summed E-state index contributed by atoms with van der Waals surface area (Å²) in [4.78, 5) is 24.0. The highest BCUT2D eigenvalue weighted by atomic mass is 32.2. The van der Waals surface area contributed by atoms with Crippen LogP contribution in [0.5, 0.6) is 5.75 Å². The van der Waals surface area contributed by atoms with E-state index in [4.69, 9.17) is 9.47 Å². The summed E-state index contributed by atoms with van der Waals surface area (Å²) in [5, 5.41) is 2.48. The van der Waals surface area contributed by atoms with Crippen LogP contribution in [0.3, 0.4) is 0 Å². The van der Waals surface area contributed by atoms with Crippen LogP contribution in [0, 0.1) is 5.82 Å². The molecule has 0 saturated heterocycles. The van der Waals surface area contributed by atoms with Crippen molar-refractivity contribution >= 4 is 29.3 Å². The van der Waals surface area contributed by atoms with E-state index in [0.29, 0.717) is 22.3 Å². The third-order valence-electron chi connectivity index (χ3n) is 3.17. The number of thioether (sulfide) groups is 1. The molecule has 0 saturated carbocycles. The predicted octanol–water partition coefficient (Wildman–Crippen LogP) is 4.09. The van der Waals surface area contributed by atoms with E-state index in [0.717, 1.165) is 0 Å². The second-order valence-corrected chi connectivity index (χ2v) is 6.34. The van der Waals surface area contributed by atoms with E-state index in [1.165, 1.54) is 55.5 Å². The molecule has 0 heterocycles. The van der Waals surface area contributed by atoms with Crippen molar-refractivity contribution in [3.8, 4) is 5.75 Å². The molecule has 0 aromatic heterocycles. The van der Waals surface area contributed by atoms with Crippen LogP contribution in [-0.4, -0.2) is 30.3 Å². The Kier molecular flexibility index (Phi) is 7.54. The molecule has 0 aliphatic rings. The molecule has 1 amide bonds. The van der Waals surface area contributed by atoms with Crippen molar-refractivity contribution < 1.29 is 32.2 Å². The molecule has 0 bridgehead atoms. The molecule has 0 spiro atoms. The van der Waals surface area contributed by atoms with E-state index in [1.807, 2.05) is 0 Å². The standard InChI is InChI=1S/C18H16F3NO4S/c1-11(26-14-6-2-12(19)3-7-14)17(24)25-10-16(23)22-13-4-8-15(9-5-13)27-18(20)21/h2-9,11,18H,10H2,1H3,(H,22,23)/t11-/m0/s1. The number of amides is 1. The number of rotatable bonds is 8.